The molecule has 0 aliphatic carbocycles. The highest BCUT2D eigenvalue weighted by molar-refractivity contribution is 5.58. The van der Waals surface area contributed by atoms with Crippen LogP contribution in [0.3, 0.4) is 0 Å². The Morgan fingerprint density at radius 1 is 1.35 bits per heavy atom. The molecular formula is C15H26N4O. The first-order chi connectivity index (χ1) is 9.76. The van der Waals surface area contributed by atoms with Gasteiger partial charge in [-0.15, -0.1) is 0 Å². The molecule has 1 unspecified atom stereocenters. The quantitative estimate of drug-likeness (QED) is 0.866. The van der Waals surface area contributed by atoms with Gasteiger partial charge in [-0.05, 0) is 32.6 Å². The minimum absolute atomic E-state index is 0.330. The first-order valence-electron chi connectivity index (χ1n) is 7.66. The van der Waals surface area contributed by atoms with E-state index in [1.54, 1.807) is 6.33 Å². The van der Waals surface area contributed by atoms with Crippen LogP contribution in [0.2, 0.25) is 0 Å². The summed E-state index contributed by atoms with van der Waals surface area (Å²) in [4.78, 5) is 11.0. The van der Waals surface area contributed by atoms with Crippen molar-refractivity contribution >= 4 is 11.6 Å². The highest BCUT2D eigenvalue weighted by Gasteiger charge is 2.19. The second-order valence-corrected chi connectivity index (χ2v) is 5.28. The first-order valence-corrected chi connectivity index (χ1v) is 7.66. The Morgan fingerprint density at radius 2 is 2.20 bits per heavy atom. The standard InChI is InChI=1S/C15H26N4O/c1-4-13-14(16-5-2)17-11-18-15(13)19(3)10-12-8-6-7-9-20-12/h11-12H,4-10H2,1-3H3,(H,16,17,18). The molecule has 1 N–H and O–H groups in total. The molecule has 0 aromatic carbocycles. The molecule has 0 radical (unpaired) electrons. The van der Waals surface area contributed by atoms with Crippen LogP contribution in [0.4, 0.5) is 11.6 Å². The van der Waals surface area contributed by atoms with Gasteiger partial charge in [-0.25, -0.2) is 9.97 Å². The first kappa shape index (κ1) is 15.0. The fourth-order valence-corrected chi connectivity index (χ4v) is 2.72. The normalized spacial score (nSPS) is 18.9. The van der Waals surface area contributed by atoms with E-state index < -0.39 is 0 Å². The van der Waals surface area contributed by atoms with Crippen LogP contribution in [0.25, 0.3) is 0 Å². The Bertz CT molecular complexity index is 418. The van der Waals surface area contributed by atoms with Crippen LogP contribution in [0, 0.1) is 0 Å². The molecule has 1 saturated heterocycles. The molecule has 1 atom stereocenters. The fraction of sp³-hybridized carbons (Fsp3) is 0.733. The van der Waals surface area contributed by atoms with E-state index in [2.05, 4.69) is 41.1 Å². The van der Waals surface area contributed by atoms with E-state index in [0.29, 0.717) is 6.10 Å². The Morgan fingerprint density at radius 3 is 2.85 bits per heavy atom. The maximum atomic E-state index is 5.82. The molecule has 0 saturated carbocycles. The van der Waals surface area contributed by atoms with Crippen molar-refractivity contribution < 1.29 is 4.74 Å². The van der Waals surface area contributed by atoms with Gasteiger partial charge in [0.1, 0.15) is 18.0 Å². The summed E-state index contributed by atoms with van der Waals surface area (Å²) in [5.74, 6) is 1.98. The van der Waals surface area contributed by atoms with Gasteiger partial charge < -0.3 is 15.0 Å². The number of rotatable bonds is 6. The number of nitrogens with one attached hydrogen (secondary N) is 1. The zero-order valence-corrected chi connectivity index (χ0v) is 12.9. The van der Waals surface area contributed by atoms with Crippen LogP contribution >= 0.6 is 0 Å². The predicted octanol–water partition coefficient (Wildman–Crippen LogP) is 2.48. The fourth-order valence-electron chi connectivity index (χ4n) is 2.72. The summed E-state index contributed by atoms with van der Waals surface area (Å²) in [5, 5.41) is 3.32. The summed E-state index contributed by atoms with van der Waals surface area (Å²) >= 11 is 0. The van der Waals surface area contributed by atoms with Gasteiger partial charge in [-0.1, -0.05) is 6.92 Å². The summed E-state index contributed by atoms with van der Waals surface area (Å²) in [7, 11) is 2.09. The molecule has 0 amide bonds. The van der Waals surface area contributed by atoms with Crippen molar-refractivity contribution in [1.29, 1.82) is 0 Å². The summed E-state index contributed by atoms with van der Waals surface area (Å²) in [6.07, 6.45) is 6.51. The summed E-state index contributed by atoms with van der Waals surface area (Å²) in [5.41, 5.74) is 1.19. The van der Waals surface area contributed by atoms with E-state index in [1.165, 1.54) is 18.4 Å². The SMILES string of the molecule is CCNc1ncnc(N(C)CC2CCCCO2)c1CC. The molecule has 5 nitrogen and oxygen atoms in total. The number of hydrogen-bond donors (Lipinski definition) is 1. The number of likely N-dealkylation sites (N-methyl/N-ethyl adjacent to an activating group) is 1. The van der Waals surface area contributed by atoms with Crippen molar-refractivity contribution in [2.24, 2.45) is 0 Å². The smallest absolute Gasteiger partial charge is 0.137 e. The molecule has 1 fully saturated rings. The van der Waals surface area contributed by atoms with E-state index in [9.17, 15) is 0 Å². The molecule has 2 rings (SSSR count). The lowest BCUT2D eigenvalue weighted by Crippen LogP contribution is -2.34. The van der Waals surface area contributed by atoms with Gasteiger partial charge in [0.25, 0.3) is 0 Å². The van der Waals surface area contributed by atoms with Crippen LogP contribution in [0.5, 0.6) is 0 Å². The molecule has 1 aromatic rings. The number of aromatic nitrogens is 2. The van der Waals surface area contributed by atoms with Crippen molar-refractivity contribution in [3.63, 3.8) is 0 Å². The minimum atomic E-state index is 0.330. The predicted molar refractivity (Wildman–Crippen MR) is 82.4 cm³/mol. The molecular weight excluding hydrogens is 252 g/mol. The molecule has 1 aliphatic heterocycles. The zero-order chi connectivity index (χ0) is 14.4. The van der Waals surface area contributed by atoms with Crippen molar-refractivity contribution in [2.45, 2.75) is 45.6 Å². The van der Waals surface area contributed by atoms with E-state index in [-0.39, 0.29) is 0 Å². The Kier molecular flexibility index (Phi) is 5.59. The third-order valence-corrected chi connectivity index (χ3v) is 3.73. The number of nitrogens with zero attached hydrogens (tertiary/aromatic N) is 3. The van der Waals surface area contributed by atoms with Crippen molar-refractivity contribution in [3.8, 4) is 0 Å². The van der Waals surface area contributed by atoms with E-state index >= 15 is 0 Å². The van der Waals surface area contributed by atoms with Gasteiger partial charge in [-0.2, -0.15) is 0 Å². The Balaban J connectivity index is 2.11. The number of anilines is 2. The van der Waals surface area contributed by atoms with Gasteiger partial charge >= 0.3 is 0 Å². The third-order valence-electron chi connectivity index (χ3n) is 3.73. The summed E-state index contributed by atoms with van der Waals surface area (Å²) in [6, 6.07) is 0. The van der Waals surface area contributed by atoms with E-state index in [4.69, 9.17) is 4.74 Å². The number of ether oxygens (including phenoxy) is 1. The minimum Gasteiger partial charge on any atom is -0.376 e. The molecule has 2 heterocycles. The molecule has 1 aromatic heterocycles. The maximum absolute atomic E-state index is 5.82. The van der Waals surface area contributed by atoms with Crippen LogP contribution in [0.1, 0.15) is 38.7 Å². The lowest BCUT2D eigenvalue weighted by atomic mass is 10.1. The molecule has 112 valence electrons. The van der Waals surface area contributed by atoms with Gasteiger partial charge in [0.05, 0.1) is 6.10 Å². The lowest BCUT2D eigenvalue weighted by Gasteiger charge is -2.29. The molecule has 0 bridgehead atoms. The van der Waals surface area contributed by atoms with E-state index in [1.807, 2.05) is 0 Å². The zero-order valence-electron chi connectivity index (χ0n) is 12.9. The van der Waals surface area contributed by atoms with Crippen LogP contribution in [0.15, 0.2) is 6.33 Å². The van der Waals surface area contributed by atoms with Gasteiger partial charge in [0, 0.05) is 32.3 Å². The molecule has 0 spiro atoms. The molecule has 5 heteroatoms. The van der Waals surface area contributed by atoms with Gasteiger partial charge in [-0.3, -0.25) is 0 Å². The number of hydrogen-bond acceptors (Lipinski definition) is 5. The average molecular weight is 278 g/mol. The summed E-state index contributed by atoms with van der Waals surface area (Å²) < 4.78 is 5.82. The van der Waals surface area contributed by atoms with Gasteiger partial charge in [0.2, 0.25) is 0 Å². The van der Waals surface area contributed by atoms with Crippen LogP contribution in [-0.2, 0) is 11.2 Å². The van der Waals surface area contributed by atoms with Crippen LogP contribution in [-0.4, -0.2) is 42.8 Å². The molecule has 20 heavy (non-hydrogen) atoms. The topological polar surface area (TPSA) is 50.3 Å². The largest absolute Gasteiger partial charge is 0.376 e. The third kappa shape index (κ3) is 3.60. The van der Waals surface area contributed by atoms with Crippen LogP contribution < -0.4 is 10.2 Å². The lowest BCUT2D eigenvalue weighted by molar-refractivity contribution is 0.0215. The van der Waals surface area contributed by atoms with Crippen molar-refractivity contribution in [3.05, 3.63) is 11.9 Å². The van der Waals surface area contributed by atoms with Crippen molar-refractivity contribution in [1.82, 2.24) is 9.97 Å². The second kappa shape index (κ2) is 7.43. The highest BCUT2D eigenvalue weighted by Crippen LogP contribution is 2.24. The Labute approximate surface area is 121 Å². The molecule has 1 aliphatic rings. The van der Waals surface area contributed by atoms with Crippen molar-refractivity contribution in [2.75, 3.05) is 37.0 Å². The Hall–Kier alpha value is -1.36. The van der Waals surface area contributed by atoms with E-state index in [0.717, 1.165) is 44.2 Å². The monoisotopic (exact) mass is 278 g/mol. The average Bonchev–Trinajstić information content (AvgIpc) is 2.48. The highest BCUT2D eigenvalue weighted by atomic mass is 16.5. The summed E-state index contributed by atoms with van der Waals surface area (Å²) in [6.45, 7) is 6.90. The van der Waals surface area contributed by atoms with Gasteiger partial charge in [0.15, 0.2) is 0 Å². The second-order valence-electron chi connectivity index (χ2n) is 5.28. The maximum Gasteiger partial charge on any atom is 0.137 e.